The number of benzene rings is 11. The zero-order valence-corrected chi connectivity index (χ0v) is 39.9. The maximum absolute atomic E-state index is 6.96. The molecule has 0 aliphatic carbocycles. The zero-order chi connectivity index (χ0) is 48.7. The van der Waals surface area contributed by atoms with Gasteiger partial charge in [0.1, 0.15) is 46.0 Å². The van der Waals surface area contributed by atoms with Crippen molar-refractivity contribution in [3.63, 3.8) is 0 Å². The Kier molecular flexibility index (Phi) is 9.67. The molecule has 11 aromatic carbocycles. The highest BCUT2D eigenvalue weighted by Gasteiger charge is 2.47. The second-order valence-corrected chi connectivity index (χ2v) is 19.2. The van der Waals surface area contributed by atoms with Gasteiger partial charge in [0.2, 0.25) is 0 Å². The molecule has 0 saturated heterocycles. The Bertz CT molecular complexity index is 3710. The molecular formula is C66H42B2N2O4. The number of nitrogens with zero attached hydrogens (tertiary/aromatic N) is 2. The highest BCUT2D eigenvalue weighted by molar-refractivity contribution is 7.02. The van der Waals surface area contributed by atoms with Crippen LogP contribution in [0.3, 0.4) is 0 Å². The van der Waals surface area contributed by atoms with Crippen molar-refractivity contribution in [2.45, 2.75) is 0 Å². The van der Waals surface area contributed by atoms with Gasteiger partial charge in [-0.15, -0.1) is 0 Å². The van der Waals surface area contributed by atoms with Crippen molar-refractivity contribution < 1.29 is 18.9 Å². The average Bonchev–Trinajstić information content (AvgIpc) is 3.51. The van der Waals surface area contributed by atoms with Crippen molar-refractivity contribution in [3.8, 4) is 68.2 Å². The van der Waals surface area contributed by atoms with Gasteiger partial charge in [0.05, 0.1) is 0 Å². The van der Waals surface area contributed by atoms with Gasteiger partial charge >= 0.3 is 0 Å². The molecule has 346 valence electrons. The van der Waals surface area contributed by atoms with E-state index in [0.717, 1.165) is 113 Å². The SMILES string of the molecule is c1ccc(-c2ccc(Oc3cc4c5c(c3)N(c3ccccc3)c3cc6c(cc3B5c3ccccc3O4)B3c4ccccc4Oc4cc(Oc5ccc(-c7ccccc7)cc5)cc(c43)N6c3ccccc3)cc2)cc1. The lowest BCUT2D eigenvalue weighted by Crippen LogP contribution is -2.63. The van der Waals surface area contributed by atoms with E-state index in [1.807, 2.05) is 36.4 Å². The Hall–Kier alpha value is -9.65. The summed E-state index contributed by atoms with van der Waals surface area (Å²) in [6.45, 7) is -0.316. The van der Waals surface area contributed by atoms with Crippen LogP contribution in [0.25, 0.3) is 22.3 Å². The van der Waals surface area contributed by atoms with Crippen LogP contribution in [0.15, 0.2) is 255 Å². The molecule has 15 rings (SSSR count). The van der Waals surface area contributed by atoms with Crippen LogP contribution in [-0.4, -0.2) is 13.4 Å². The zero-order valence-electron chi connectivity index (χ0n) is 39.9. The summed E-state index contributed by atoms with van der Waals surface area (Å²) in [6.07, 6.45) is 0. The van der Waals surface area contributed by atoms with Crippen molar-refractivity contribution in [3.05, 3.63) is 255 Å². The summed E-state index contributed by atoms with van der Waals surface area (Å²) >= 11 is 0. The minimum absolute atomic E-state index is 0.158. The molecule has 0 fully saturated rings. The normalized spacial score (nSPS) is 13.0. The van der Waals surface area contributed by atoms with Gasteiger partial charge in [0.15, 0.2) is 0 Å². The molecule has 0 unspecified atom stereocenters. The fraction of sp³-hybridized carbons (Fsp3) is 0. The number of hydrogen-bond acceptors (Lipinski definition) is 6. The van der Waals surface area contributed by atoms with Crippen LogP contribution in [0.1, 0.15) is 0 Å². The van der Waals surface area contributed by atoms with Gasteiger partial charge in [0, 0.05) is 58.4 Å². The third-order valence-electron chi connectivity index (χ3n) is 14.8. The number of para-hydroxylation sites is 4. The second kappa shape index (κ2) is 17.0. The molecule has 11 aromatic rings. The second-order valence-electron chi connectivity index (χ2n) is 19.2. The molecule has 4 aliphatic rings. The summed E-state index contributed by atoms with van der Waals surface area (Å²) in [5.74, 6) is 6.03. The lowest BCUT2D eigenvalue weighted by atomic mass is 9.31. The van der Waals surface area contributed by atoms with Crippen molar-refractivity contribution in [2.75, 3.05) is 9.80 Å². The molecule has 4 aliphatic heterocycles. The molecule has 6 nitrogen and oxygen atoms in total. The van der Waals surface area contributed by atoms with Gasteiger partial charge in [-0.05, 0) is 122 Å². The maximum atomic E-state index is 6.96. The first-order valence-electron chi connectivity index (χ1n) is 25.1. The molecule has 0 aromatic heterocycles. The molecule has 0 amide bonds. The minimum atomic E-state index is -0.158. The molecule has 0 saturated carbocycles. The molecule has 74 heavy (non-hydrogen) atoms. The fourth-order valence-corrected chi connectivity index (χ4v) is 11.6. The Morgan fingerprint density at radius 2 is 0.635 bits per heavy atom. The van der Waals surface area contributed by atoms with E-state index in [9.17, 15) is 0 Å². The lowest BCUT2D eigenvalue weighted by molar-refractivity contribution is 0.462. The van der Waals surface area contributed by atoms with Crippen LogP contribution < -0.4 is 61.5 Å². The maximum Gasteiger partial charge on any atom is 0.256 e. The van der Waals surface area contributed by atoms with Gasteiger partial charge in [-0.3, -0.25) is 0 Å². The number of fused-ring (bicyclic) bond motifs is 8. The summed E-state index contributed by atoms with van der Waals surface area (Å²) < 4.78 is 27.6. The van der Waals surface area contributed by atoms with Crippen molar-refractivity contribution in [1.29, 1.82) is 0 Å². The van der Waals surface area contributed by atoms with Gasteiger partial charge in [-0.25, -0.2) is 0 Å². The molecule has 8 heteroatoms. The van der Waals surface area contributed by atoms with E-state index in [0.29, 0.717) is 11.5 Å². The van der Waals surface area contributed by atoms with E-state index >= 15 is 0 Å². The highest BCUT2D eigenvalue weighted by Crippen LogP contribution is 2.48. The van der Waals surface area contributed by atoms with E-state index in [1.54, 1.807) is 0 Å². The smallest absolute Gasteiger partial charge is 0.256 e. The predicted octanol–water partition coefficient (Wildman–Crippen LogP) is 13.4. The van der Waals surface area contributed by atoms with Crippen molar-refractivity contribution >= 4 is 80.3 Å². The molecular weight excluding hydrogens is 906 g/mol. The Morgan fingerprint density at radius 3 is 1.05 bits per heavy atom. The van der Waals surface area contributed by atoms with Gasteiger partial charge in [-0.2, -0.15) is 0 Å². The van der Waals surface area contributed by atoms with E-state index in [-0.39, 0.29) is 13.4 Å². The van der Waals surface area contributed by atoms with E-state index in [1.165, 1.54) is 10.9 Å². The third-order valence-corrected chi connectivity index (χ3v) is 14.8. The summed E-state index contributed by atoms with van der Waals surface area (Å²) in [4.78, 5) is 4.79. The van der Waals surface area contributed by atoms with Crippen LogP contribution in [0.2, 0.25) is 0 Å². The fourth-order valence-electron chi connectivity index (χ4n) is 11.6. The van der Waals surface area contributed by atoms with Gasteiger partial charge in [-0.1, -0.05) is 164 Å². The summed E-state index contributed by atoms with van der Waals surface area (Å²) in [5.41, 5.74) is 17.5. The van der Waals surface area contributed by atoms with Crippen LogP contribution in [-0.2, 0) is 0 Å². The van der Waals surface area contributed by atoms with Crippen molar-refractivity contribution in [2.24, 2.45) is 0 Å². The number of hydrogen-bond donors (Lipinski definition) is 0. The van der Waals surface area contributed by atoms with Crippen LogP contribution >= 0.6 is 0 Å². The van der Waals surface area contributed by atoms with Gasteiger partial charge < -0.3 is 28.7 Å². The number of ether oxygens (including phenoxy) is 4. The Morgan fingerprint density at radius 1 is 0.270 bits per heavy atom. The number of anilines is 6. The summed E-state index contributed by atoms with van der Waals surface area (Å²) in [7, 11) is 0. The number of rotatable bonds is 8. The average molecular weight is 949 g/mol. The Labute approximate surface area is 430 Å². The summed E-state index contributed by atoms with van der Waals surface area (Å²) in [5, 5.41) is 0. The first-order valence-corrected chi connectivity index (χ1v) is 25.1. The molecule has 4 heterocycles. The first-order chi connectivity index (χ1) is 36.7. The third kappa shape index (κ3) is 6.91. The first kappa shape index (κ1) is 42.1. The van der Waals surface area contributed by atoms with Crippen LogP contribution in [0, 0.1) is 0 Å². The molecule has 0 radical (unpaired) electrons. The molecule has 0 spiro atoms. The molecule has 0 N–H and O–H groups in total. The quantitative estimate of drug-likeness (QED) is 0.141. The van der Waals surface area contributed by atoms with E-state index in [2.05, 4.69) is 228 Å². The van der Waals surface area contributed by atoms with E-state index in [4.69, 9.17) is 18.9 Å². The van der Waals surface area contributed by atoms with Crippen LogP contribution in [0.5, 0.6) is 46.0 Å². The lowest BCUT2D eigenvalue weighted by Gasteiger charge is -2.44. The largest absolute Gasteiger partial charge is 0.458 e. The summed E-state index contributed by atoms with van der Waals surface area (Å²) in [6, 6.07) is 89.1. The Balaban J connectivity index is 0.932. The monoisotopic (exact) mass is 948 g/mol. The molecule has 0 bridgehead atoms. The van der Waals surface area contributed by atoms with Gasteiger partial charge in [0.25, 0.3) is 13.4 Å². The standard InChI is InChI=1S/C66H42B2N2O4/c1-5-17-43(18-6-1)45-29-33-49(34-30-45)71-51-37-59-65-63(39-51)73-61-27-15-13-25-53(61)67(65)55-41-56-58(42-57(55)69(59)47-21-9-3-10-22-47)70(48-23-11-4-12-24-48)60-38-52(40-64-66(60)68(56)54-26-14-16-28-62(54)74-64)72-50-35-31-46(32-36-50)44-19-7-2-8-20-44/h1-42H. The molecule has 0 atom stereocenters. The van der Waals surface area contributed by atoms with E-state index < -0.39 is 0 Å². The predicted molar refractivity (Wildman–Crippen MR) is 302 cm³/mol. The minimum Gasteiger partial charge on any atom is -0.458 e. The van der Waals surface area contributed by atoms with Crippen molar-refractivity contribution in [1.82, 2.24) is 0 Å². The highest BCUT2D eigenvalue weighted by atomic mass is 16.5. The van der Waals surface area contributed by atoms with Crippen LogP contribution in [0.4, 0.5) is 34.1 Å². The topological polar surface area (TPSA) is 43.4 Å².